The van der Waals surface area contributed by atoms with E-state index in [2.05, 4.69) is 12.2 Å². The van der Waals surface area contributed by atoms with Gasteiger partial charge in [-0.1, -0.05) is 25.8 Å². The quantitative estimate of drug-likeness (QED) is 0.860. The van der Waals surface area contributed by atoms with E-state index in [0.29, 0.717) is 6.54 Å². The maximum absolute atomic E-state index is 11.5. The zero-order valence-electron chi connectivity index (χ0n) is 10.9. The first-order valence-corrected chi connectivity index (χ1v) is 6.44. The van der Waals surface area contributed by atoms with Gasteiger partial charge in [-0.3, -0.25) is 0 Å². The fraction of sp³-hybridized carbons (Fsp3) is 0.500. The molecule has 1 unspecified atom stereocenters. The first-order valence-electron chi connectivity index (χ1n) is 6.44. The molecule has 4 nitrogen and oxygen atoms in total. The third-order valence-corrected chi connectivity index (χ3v) is 3.34. The van der Waals surface area contributed by atoms with E-state index in [1.165, 1.54) is 0 Å². The highest BCUT2D eigenvalue weighted by molar-refractivity contribution is 5.92. The van der Waals surface area contributed by atoms with Crippen molar-refractivity contribution in [1.29, 1.82) is 0 Å². The first kappa shape index (κ1) is 12.9. The summed E-state index contributed by atoms with van der Waals surface area (Å²) < 4.78 is 0. The van der Waals surface area contributed by atoms with E-state index < -0.39 is 6.10 Å². The Morgan fingerprint density at radius 1 is 1.50 bits per heavy atom. The minimum atomic E-state index is -0.404. The van der Waals surface area contributed by atoms with Gasteiger partial charge in [-0.25, -0.2) is 4.79 Å². The zero-order valence-corrected chi connectivity index (χ0v) is 10.9. The number of aliphatic hydroxyl groups excluding tert-OH is 1. The number of carbonyl (C=O) groups is 1. The summed E-state index contributed by atoms with van der Waals surface area (Å²) in [6, 6.07) is 5.68. The number of nitrogens with zero attached hydrogens (tertiary/aromatic N) is 1. The van der Waals surface area contributed by atoms with Crippen LogP contribution in [0.1, 0.15) is 43.4 Å². The molecule has 1 aromatic carbocycles. The predicted molar refractivity (Wildman–Crippen MR) is 71.4 cm³/mol. The fourth-order valence-electron chi connectivity index (χ4n) is 2.18. The van der Waals surface area contributed by atoms with E-state index in [4.69, 9.17) is 0 Å². The van der Waals surface area contributed by atoms with Crippen LogP contribution in [0.3, 0.4) is 0 Å². The van der Waals surface area contributed by atoms with Crippen LogP contribution in [0.4, 0.5) is 10.5 Å². The number of benzene rings is 1. The third-order valence-electron chi connectivity index (χ3n) is 3.34. The van der Waals surface area contributed by atoms with Crippen molar-refractivity contribution in [1.82, 2.24) is 4.90 Å². The van der Waals surface area contributed by atoms with Crippen molar-refractivity contribution in [2.45, 2.75) is 38.8 Å². The third kappa shape index (κ3) is 2.64. The smallest absolute Gasteiger partial charge is 0.321 e. The first-order chi connectivity index (χ1) is 8.61. The highest BCUT2D eigenvalue weighted by atomic mass is 16.3. The lowest BCUT2D eigenvalue weighted by Crippen LogP contribution is -2.35. The van der Waals surface area contributed by atoms with E-state index in [9.17, 15) is 9.90 Å². The minimum Gasteiger partial charge on any atom is -0.388 e. The maximum Gasteiger partial charge on any atom is 0.321 e. The van der Waals surface area contributed by atoms with Crippen molar-refractivity contribution in [3.8, 4) is 0 Å². The number of rotatable bonds is 4. The second kappa shape index (κ2) is 5.40. The zero-order chi connectivity index (χ0) is 13.1. The molecule has 1 heterocycles. The Balaban J connectivity index is 2.17. The molecule has 0 aliphatic carbocycles. The molecular formula is C14H20N2O2. The van der Waals surface area contributed by atoms with Crippen LogP contribution in [0, 0.1) is 0 Å². The Hall–Kier alpha value is -1.55. The summed E-state index contributed by atoms with van der Waals surface area (Å²) in [5, 5.41) is 12.9. The molecule has 4 heteroatoms. The van der Waals surface area contributed by atoms with E-state index >= 15 is 0 Å². The number of anilines is 1. The summed E-state index contributed by atoms with van der Waals surface area (Å²) in [5.41, 5.74) is 2.85. The van der Waals surface area contributed by atoms with Gasteiger partial charge in [0.1, 0.15) is 0 Å². The Morgan fingerprint density at radius 2 is 2.28 bits per heavy atom. The van der Waals surface area contributed by atoms with Gasteiger partial charge in [0.2, 0.25) is 0 Å². The summed E-state index contributed by atoms with van der Waals surface area (Å²) in [6.07, 6.45) is 2.49. The lowest BCUT2D eigenvalue weighted by molar-refractivity contribution is 0.164. The number of amides is 2. The van der Waals surface area contributed by atoms with Gasteiger partial charge < -0.3 is 15.3 Å². The Kier molecular flexibility index (Phi) is 3.87. The van der Waals surface area contributed by atoms with E-state index in [1.54, 1.807) is 11.9 Å². The van der Waals surface area contributed by atoms with Crippen molar-refractivity contribution >= 4 is 11.7 Å². The molecule has 0 saturated heterocycles. The van der Waals surface area contributed by atoms with Crippen LogP contribution < -0.4 is 5.32 Å². The molecule has 0 aromatic heterocycles. The van der Waals surface area contributed by atoms with Gasteiger partial charge in [0.15, 0.2) is 0 Å². The summed E-state index contributed by atoms with van der Waals surface area (Å²) in [4.78, 5) is 13.1. The Morgan fingerprint density at radius 3 is 3.00 bits per heavy atom. The van der Waals surface area contributed by atoms with Gasteiger partial charge in [0.05, 0.1) is 6.10 Å². The van der Waals surface area contributed by atoms with Crippen molar-refractivity contribution < 1.29 is 9.90 Å². The normalized spacial score (nSPS) is 16.2. The van der Waals surface area contributed by atoms with Crippen molar-refractivity contribution in [3.63, 3.8) is 0 Å². The largest absolute Gasteiger partial charge is 0.388 e. The average Bonchev–Trinajstić information content (AvgIpc) is 2.36. The number of carbonyl (C=O) groups excluding carboxylic acids is 1. The van der Waals surface area contributed by atoms with Gasteiger partial charge in [-0.15, -0.1) is 0 Å². The molecule has 2 rings (SSSR count). The van der Waals surface area contributed by atoms with Crippen LogP contribution in [-0.4, -0.2) is 23.1 Å². The molecule has 0 saturated carbocycles. The van der Waals surface area contributed by atoms with Crippen LogP contribution >= 0.6 is 0 Å². The molecule has 0 radical (unpaired) electrons. The van der Waals surface area contributed by atoms with Gasteiger partial charge in [0, 0.05) is 19.3 Å². The second-order valence-corrected chi connectivity index (χ2v) is 4.86. The van der Waals surface area contributed by atoms with Gasteiger partial charge in [-0.2, -0.15) is 0 Å². The molecule has 1 aliphatic heterocycles. The summed E-state index contributed by atoms with van der Waals surface area (Å²) >= 11 is 0. The predicted octanol–water partition coefficient (Wildman–Crippen LogP) is 2.89. The summed E-state index contributed by atoms with van der Waals surface area (Å²) in [5.74, 6) is 0. The molecular weight excluding hydrogens is 228 g/mol. The summed E-state index contributed by atoms with van der Waals surface area (Å²) in [6.45, 7) is 2.71. The Labute approximate surface area is 108 Å². The van der Waals surface area contributed by atoms with Gasteiger partial charge in [0.25, 0.3) is 0 Å². The fourth-order valence-corrected chi connectivity index (χ4v) is 2.18. The van der Waals surface area contributed by atoms with Crippen LogP contribution in [0.15, 0.2) is 18.2 Å². The van der Waals surface area contributed by atoms with Crippen LogP contribution in [-0.2, 0) is 6.54 Å². The molecule has 1 aliphatic rings. The minimum absolute atomic E-state index is 0.0817. The Bertz CT molecular complexity index is 445. The number of nitrogens with one attached hydrogen (secondary N) is 1. The van der Waals surface area contributed by atoms with Crippen molar-refractivity contribution in [2.24, 2.45) is 0 Å². The molecule has 18 heavy (non-hydrogen) atoms. The second-order valence-electron chi connectivity index (χ2n) is 4.86. The number of fused-ring (bicyclic) bond motifs is 1. The molecule has 1 aromatic rings. The standard InChI is InChI=1S/C14H20N2O2/c1-3-4-5-13(17)10-6-7-12-11(8-10)9-16(2)14(18)15-12/h6-8,13,17H,3-5,9H2,1-2H3,(H,15,18). The SMILES string of the molecule is CCCCC(O)c1ccc2c(c1)CN(C)C(=O)N2. The molecule has 0 fully saturated rings. The lowest BCUT2D eigenvalue weighted by Gasteiger charge is -2.26. The molecule has 0 spiro atoms. The number of urea groups is 1. The number of unbranched alkanes of at least 4 members (excludes halogenated alkanes) is 1. The molecule has 98 valence electrons. The number of aliphatic hydroxyl groups is 1. The average molecular weight is 248 g/mol. The van der Waals surface area contributed by atoms with Crippen LogP contribution in [0.2, 0.25) is 0 Å². The van der Waals surface area contributed by atoms with Crippen LogP contribution in [0.25, 0.3) is 0 Å². The van der Waals surface area contributed by atoms with E-state index in [1.807, 2.05) is 18.2 Å². The number of hydrogen-bond acceptors (Lipinski definition) is 2. The molecule has 2 amide bonds. The van der Waals surface area contributed by atoms with E-state index in [0.717, 1.165) is 36.1 Å². The molecule has 2 N–H and O–H groups in total. The topological polar surface area (TPSA) is 52.6 Å². The van der Waals surface area contributed by atoms with Crippen molar-refractivity contribution in [3.05, 3.63) is 29.3 Å². The van der Waals surface area contributed by atoms with Crippen molar-refractivity contribution in [2.75, 3.05) is 12.4 Å². The molecule has 1 atom stereocenters. The highest BCUT2D eigenvalue weighted by Crippen LogP contribution is 2.27. The van der Waals surface area contributed by atoms with Gasteiger partial charge >= 0.3 is 6.03 Å². The summed E-state index contributed by atoms with van der Waals surface area (Å²) in [7, 11) is 1.76. The number of hydrogen-bond donors (Lipinski definition) is 2. The van der Waals surface area contributed by atoms with E-state index in [-0.39, 0.29) is 6.03 Å². The van der Waals surface area contributed by atoms with Crippen LogP contribution in [0.5, 0.6) is 0 Å². The maximum atomic E-state index is 11.5. The lowest BCUT2D eigenvalue weighted by atomic mass is 9.99. The monoisotopic (exact) mass is 248 g/mol. The van der Waals surface area contributed by atoms with Gasteiger partial charge in [-0.05, 0) is 29.7 Å². The molecule has 0 bridgehead atoms. The highest BCUT2D eigenvalue weighted by Gasteiger charge is 2.20.